The van der Waals surface area contributed by atoms with E-state index in [9.17, 15) is 9.59 Å². The van der Waals surface area contributed by atoms with E-state index in [-0.39, 0.29) is 24.2 Å². The second-order valence-electron chi connectivity index (χ2n) is 7.49. The highest BCUT2D eigenvalue weighted by molar-refractivity contribution is 7.99. The molecule has 0 radical (unpaired) electrons. The van der Waals surface area contributed by atoms with E-state index in [1.807, 2.05) is 65.2 Å². The molecule has 1 aromatic heterocycles. The maximum atomic E-state index is 12.8. The molecular weight excluding hydrogens is 452 g/mol. The van der Waals surface area contributed by atoms with Crippen LogP contribution in [0.25, 0.3) is 17.1 Å². The minimum Gasteiger partial charge on any atom is -0.454 e. The number of thioether (sulfide) groups is 1. The molecule has 0 bridgehead atoms. The second kappa shape index (κ2) is 9.40. The van der Waals surface area contributed by atoms with Crippen LogP contribution in [0.3, 0.4) is 0 Å². The SMILES string of the molecule is CC(=O)c1cc2c(cc1NC(=O)CSc1nnc(-c3ccccc3)n1-c1ccccc1)OCO2. The molecule has 1 aliphatic rings. The number of benzene rings is 3. The molecule has 0 atom stereocenters. The van der Waals surface area contributed by atoms with Gasteiger partial charge in [-0.2, -0.15) is 0 Å². The highest BCUT2D eigenvalue weighted by atomic mass is 32.2. The van der Waals surface area contributed by atoms with Crippen molar-refractivity contribution in [1.29, 1.82) is 0 Å². The van der Waals surface area contributed by atoms with Crippen molar-refractivity contribution >= 4 is 29.1 Å². The number of carbonyl (C=O) groups excluding carboxylic acids is 2. The molecule has 5 rings (SSSR count). The lowest BCUT2D eigenvalue weighted by molar-refractivity contribution is -0.113. The van der Waals surface area contributed by atoms with Crippen molar-refractivity contribution in [3.8, 4) is 28.6 Å². The van der Waals surface area contributed by atoms with Gasteiger partial charge in [0.2, 0.25) is 12.7 Å². The largest absolute Gasteiger partial charge is 0.454 e. The number of ether oxygens (including phenoxy) is 2. The summed E-state index contributed by atoms with van der Waals surface area (Å²) in [6.45, 7) is 1.52. The molecule has 1 N–H and O–H groups in total. The Hall–Kier alpha value is -4.11. The number of ketones is 1. The highest BCUT2D eigenvalue weighted by Crippen LogP contribution is 2.37. The summed E-state index contributed by atoms with van der Waals surface area (Å²) < 4.78 is 12.6. The van der Waals surface area contributed by atoms with E-state index < -0.39 is 0 Å². The quantitative estimate of drug-likeness (QED) is 0.310. The average Bonchev–Trinajstić information content (AvgIpc) is 3.50. The summed E-state index contributed by atoms with van der Waals surface area (Å²) in [6.07, 6.45) is 0. The maximum Gasteiger partial charge on any atom is 0.234 e. The van der Waals surface area contributed by atoms with E-state index in [0.717, 1.165) is 11.3 Å². The standard InChI is InChI=1S/C25H20N4O4S/c1-16(30)19-12-21-22(33-15-32-21)13-20(19)26-23(31)14-34-25-28-27-24(17-8-4-2-5-9-17)29(25)18-10-6-3-7-11-18/h2-13H,14-15H2,1H3,(H,26,31). The monoisotopic (exact) mass is 472 g/mol. The predicted octanol–water partition coefficient (Wildman–Crippen LogP) is 4.60. The summed E-state index contributed by atoms with van der Waals surface area (Å²) in [5, 5.41) is 12.1. The summed E-state index contributed by atoms with van der Waals surface area (Å²) in [4.78, 5) is 24.9. The molecule has 0 fully saturated rings. The van der Waals surface area contributed by atoms with Gasteiger partial charge in [0, 0.05) is 22.9 Å². The van der Waals surface area contributed by atoms with Gasteiger partial charge in [-0.05, 0) is 25.1 Å². The molecule has 1 amide bonds. The van der Waals surface area contributed by atoms with Crippen LogP contribution in [0.2, 0.25) is 0 Å². The van der Waals surface area contributed by atoms with Gasteiger partial charge in [-0.1, -0.05) is 60.3 Å². The zero-order valence-electron chi connectivity index (χ0n) is 18.2. The van der Waals surface area contributed by atoms with Crippen molar-refractivity contribution in [2.75, 3.05) is 17.9 Å². The highest BCUT2D eigenvalue weighted by Gasteiger charge is 2.21. The van der Waals surface area contributed by atoms with Gasteiger partial charge >= 0.3 is 0 Å². The summed E-state index contributed by atoms with van der Waals surface area (Å²) in [5.41, 5.74) is 2.56. The molecule has 0 unspecified atom stereocenters. The number of hydrogen-bond donors (Lipinski definition) is 1. The lowest BCUT2D eigenvalue weighted by atomic mass is 10.1. The van der Waals surface area contributed by atoms with Crippen LogP contribution in [0.4, 0.5) is 5.69 Å². The molecule has 1 aliphatic heterocycles. The van der Waals surface area contributed by atoms with E-state index in [1.54, 1.807) is 12.1 Å². The Morgan fingerprint density at radius 2 is 1.65 bits per heavy atom. The average molecular weight is 473 g/mol. The zero-order chi connectivity index (χ0) is 23.5. The summed E-state index contributed by atoms with van der Waals surface area (Å²) >= 11 is 1.26. The van der Waals surface area contributed by atoms with Crippen LogP contribution >= 0.6 is 11.8 Å². The van der Waals surface area contributed by atoms with Crippen LogP contribution in [0, 0.1) is 0 Å². The van der Waals surface area contributed by atoms with Crippen molar-refractivity contribution in [3.05, 3.63) is 78.4 Å². The van der Waals surface area contributed by atoms with Gasteiger partial charge in [-0.25, -0.2) is 0 Å². The molecule has 4 aromatic rings. The number of Topliss-reactive ketones (excluding diaryl/α,β-unsaturated/α-hetero) is 1. The molecule has 170 valence electrons. The minimum absolute atomic E-state index is 0.0749. The lowest BCUT2D eigenvalue weighted by Gasteiger charge is -2.12. The normalized spacial score (nSPS) is 11.9. The third-order valence-electron chi connectivity index (χ3n) is 5.18. The van der Waals surface area contributed by atoms with Gasteiger partial charge in [0.1, 0.15) is 0 Å². The zero-order valence-corrected chi connectivity index (χ0v) is 19.0. The molecule has 0 saturated carbocycles. The first-order chi connectivity index (χ1) is 16.6. The summed E-state index contributed by atoms with van der Waals surface area (Å²) in [6, 6.07) is 22.7. The first-order valence-electron chi connectivity index (χ1n) is 10.5. The number of fused-ring (bicyclic) bond motifs is 1. The lowest BCUT2D eigenvalue weighted by Crippen LogP contribution is -2.16. The van der Waals surface area contributed by atoms with Crippen LogP contribution in [0.1, 0.15) is 17.3 Å². The van der Waals surface area contributed by atoms with E-state index in [1.165, 1.54) is 18.7 Å². The van der Waals surface area contributed by atoms with Gasteiger partial charge in [-0.3, -0.25) is 14.2 Å². The Kier molecular flexibility index (Phi) is 6.01. The maximum absolute atomic E-state index is 12.8. The summed E-state index contributed by atoms with van der Waals surface area (Å²) in [7, 11) is 0. The third kappa shape index (κ3) is 4.38. The molecule has 0 spiro atoms. The predicted molar refractivity (Wildman–Crippen MR) is 129 cm³/mol. The molecular formula is C25H20N4O4S. The number of nitrogens with one attached hydrogen (secondary N) is 1. The van der Waals surface area contributed by atoms with E-state index in [4.69, 9.17) is 9.47 Å². The van der Waals surface area contributed by atoms with Gasteiger partial charge in [0.25, 0.3) is 0 Å². The first-order valence-corrected chi connectivity index (χ1v) is 11.5. The molecule has 0 aliphatic carbocycles. The number of carbonyl (C=O) groups is 2. The van der Waals surface area contributed by atoms with E-state index >= 15 is 0 Å². The number of anilines is 1. The van der Waals surface area contributed by atoms with Crippen molar-refractivity contribution in [1.82, 2.24) is 14.8 Å². The van der Waals surface area contributed by atoms with Crippen LogP contribution < -0.4 is 14.8 Å². The fourth-order valence-corrected chi connectivity index (χ4v) is 4.35. The fraction of sp³-hybridized carbons (Fsp3) is 0.120. The third-order valence-corrected chi connectivity index (χ3v) is 6.11. The van der Waals surface area contributed by atoms with Crippen molar-refractivity contribution in [2.45, 2.75) is 12.1 Å². The van der Waals surface area contributed by atoms with Crippen molar-refractivity contribution in [2.24, 2.45) is 0 Å². The van der Waals surface area contributed by atoms with Gasteiger partial charge in [-0.15, -0.1) is 10.2 Å². The molecule has 2 heterocycles. The van der Waals surface area contributed by atoms with Crippen LogP contribution in [-0.2, 0) is 4.79 Å². The number of rotatable bonds is 7. The first kappa shape index (κ1) is 21.7. The van der Waals surface area contributed by atoms with Gasteiger partial charge in [0.05, 0.1) is 11.4 Å². The molecule has 9 heteroatoms. The molecule has 3 aromatic carbocycles. The van der Waals surface area contributed by atoms with Crippen LogP contribution in [-0.4, -0.2) is 39.0 Å². The number of nitrogens with zero attached hydrogens (tertiary/aromatic N) is 3. The number of amides is 1. The Balaban J connectivity index is 1.38. The van der Waals surface area contributed by atoms with Crippen molar-refractivity contribution in [3.63, 3.8) is 0 Å². The Bertz CT molecular complexity index is 1360. The van der Waals surface area contributed by atoms with E-state index in [0.29, 0.717) is 33.7 Å². The second-order valence-corrected chi connectivity index (χ2v) is 8.43. The minimum atomic E-state index is -0.282. The van der Waals surface area contributed by atoms with Gasteiger partial charge < -0.3 is 14.8 Å². The smallest absolute Gasteiger partial charge is 0.234 e. The van der Waals surface area contributed by atoms with Gasteiger partial charge in [0.15, 0.2) is 28.3 Å². The van der Waals surface area contributed by atoms with Crippen molar-refractivity contribution < 1.29 is 19.1 Å². The Labute approximate surface area is 199 Å². The van der Waals surface area contributed by atoms with E-state index in [2.05, 4.69) is 15.5 Å². The number of aromatic nitrogens is 3. The number of hydrogen-bond acceptors (Lipinski definition) is 7. The number of para-hydroxylation sites is 1. The Morgan fingerprint density at radius 1 is 0.971 bits per heavy atom. The fourth-order valence-electron chi connectivity index (χ4n) is 3.60. The van der Waals surface area contributed by atoms with Crippen LogP contribution in [0.5, 0.6) is 11.5 Å². The molecule has 0 saturated heterocycles. The molecule has 8 nitrogen and oxygen atoms in total. The summed E-state index contributed by atoms with van der Waals surface area (Å²) in [5.74, 6) is 1.27. The topological polar surface area (TPSA) is 95.3 Å². The van der Waals surface area contributed by atoms with Crippen LogP contribution in [0.15, 0.2) is 78.0 Å². The Morgan fingerprint density at radius 3 is 2.35 bits per heavy atom. The molecule has 34 heavy (non-hydrogen) atoms.